The highest BCUT2D eigenvalue weighted by molar-refractivity contribution is 5.39. The zero-order chi connectivity index (χ0) is 9.84. The van der Waals surface area contributed by atoms with E-state index in [1.807, 2.05) is 5.48 Å². The Hall–Kier alpha value is -1.33. The summed E-state index contributed by atoms with van der Waals surface area (Å²) in [6.45, 7) is 0.115. The van der Waals surface area contributed by atoms with Gasteiger partial charge in [-0.1, -0.05) is 0 Å². The third-order valence-corrected chi connectivity index (χ3v) is 1.58. The number of phenols is 1. The van der Waals surface area contributed by atoms with Crippen LogP contribution in [-0.4, -0.2) is 17.4 Å². The molecule has 4 nitrogen and oxygen atoms in total. The van der Waals surface area contributed by atoms with Crippen LogP contribution < -0.4 is 10.2 Å². The number of halogens is 1. The number of hydroxylamine groups is 1. The van der Waals surface area contributed by atoms with Crippen molar-refractivity contribution < 1.29 is 19.4 Å². The van der Waals surface area contributed by atoms with Crippen LogP contribution in [0.5, 0.6) is 11.5 Å². The van der Waals surface area contributed by atoms with Crippen LogP contribution in [-0.2, 0) is 6.54 Å². The van der Waals surface area contributed by atoms with Crippen LogP contribution in [0, 0.1) is 5.82 Å². The Morgan fingerprint density at radius 1 is 1.54 bits per heavy atom. The Morgan fingerprint density at radius 3 is 2.77 bits per heavy atom. The number of hydrogen-bond acceptors (Lipinski definition) is 4. The maximum atomic E-state index is 13.0. The van der Waals surface area contributed by atoms with Gasteiger partial charge in [-0.25, -0.2) is 5.48 Å². The minimum Gasteiger partial charge on any atom is -0.505 e. The summed E-state index contributed by atoms with van der Waals surface area (Å²) in [6.07, 6.45) is 0. The summed E-state index contributed by atoms with van der Waals surface area (Å²) in [7, 11) is 1.30. The first-order valence-electron chi connectivity index (χ1n) is 3.61. The van der Waals surface area contributed by atoms with Crippen LogP contribution in [0.2, 0.25) is 0 Å². The molecule has 0 saturated heterocycles. The Kier molecular flexibility index (Phi) is 3.05. The second-order valence-electron chi connectivity index (χ2n) is 2.47. The highest BCUT2D eigenvalue weighted by Gasteiger charge is 2.09. The van der Waals surface area contributed by atoms with Gasteiger partial charge in [0.1, 0.15) is 0 Å². The van der Waals surface area contributed by atoms with Gasteiger partial charge in [-0.05, 0) is 17.7 Å². The van der Waals surface area contributed by atoms with Crippen molar-refractivity contribution in [3.63, 3.8) is 0 Å². The number of nitrogens with one attached hydrogen (secondary N) is 1. The van der Waals surface area contributed by atoms with Crippen molar-refractivity contribution in [2.45, 2.75) is 6.54 Å². The lowest BCUT2D eigenvalue weighted by atomic mass is 10.2. The molecule has 0 bridgehead atoms. The highest BCUT2D eigenvalue weighted by Crippen LogP contribution is 2.27. The van der Waals surface area contributed by atoms with Crippen molar-refractivity contribution in [3.8, 4) is 11.5 Å². The quantitative estimate of drug-likeness (QED) is 0.618. The van der Waals surface area contributed by atoms with E-state index in [0.29, 0.717) is 5.56 Å². The van der Waals surface area contributed by atoms with E-state index in [4.69, 9.17) is 10.3 Å². The molecule has 0 saturated carbocycles. The molecule has 3 N–H and O–H groups in total. The molecule has 72 valence electrons. The predicted octanol–water partition coefficient (Wildman–Crippen LogP) is 1.02. The molecule has 1 aromatic rings. The van der Waals surface area contributed by atoms with Gasteiger partial charge in [0.25, 0.3) is 0 Å². The third-order valence-electron chi connectivity index (χ3n) is 1.58. The van der Waals surface area contributed by atoms with Crippen LogP contribution in [0.1, 0.15) is 5.56 Å². The second-order valence-corrected chi connectivity index (χ2v) is 2.47. The maximum absolute atomic E-state index is 13.0. The predicted molar refractivity (Wildman–Crippen MR) is 43.2 cm³/mol. The minimum atomic E-state index is -0.802. The normalized spacial score (nSPS) is 10.1. The molecule has 13 heavy (non-hydrogen) atoms. The number of benzene rings is 1. The summed E-state index contributed by atoms with van der Waals surface area (Å²) in [5, 5.41) is 17.5. The molecule has 0 amide bonds. The molecule has 0 unspecified atom stereocenters. The van der Waals surface area contributed by atoms with Gasteiger partial charge < -0.3 is 15.1 Å². The van der Waals surface area contributed by atoms with Crippen LogP contribution in [0.25, 0.3) is 0 Å². The van der Waals surface area contributed by atoms with Gasteiger partial charge in [-0.2, -0.15) is 4.39 Å². The number of methoxy groups -OCH3 is 1. The smallest absolute Gasteiger partial charge is 0.206 e. The van der Waals surface area contributed by atoms with Gasteiger partial charge in [-0.3, -0.25) is 0 Å². The number of hydrogen-bond donors (Lipinski definition) is 3. The van der Waals surface area contributed by atoms with Gasteiger partial charge >= 0.3 is 0 Å². The van der Waals surface area contributed by atoms with Gasteiger partial charge in [0.15, 0.2) is 11.5 Å². The molecule has 0 radical (unpaired) electrons. The fraction of sp³-hybridized carbons (Fsp3) is 0.250. The molecule has 0 heterocycles. The van der Waals surface area contributed by atoms with Gasteiger partial charge in [0.05, 0.1) is 7.11 Å². The maximum Gasteiger partial charge on any atom is 0.206 e. The molecule has 0 fully saturated rings. The van der Waals surface area contributed by atoms with E-state index < -0.39 is 11.6 Å². The van der Waals surface area contributed by atoms with E-state index in [1.54, 1.807) is 0 Å². The third kappa shape index (κ3) is 2.07. The molecule has 0 atom stereocenters. The lowest BCUT2D eigenvalue weighted by molar-refractivity contribution is 0.161. The number of phenolic OH excluding ortho intramolecular Hbond substituents is 1. The lowest BCUT2D eigenvalue weighted by Gasteiger charge is -2.06. The molecule has 1 rings (SSSR count). The Morgan fingerprint density at radius 2 is 2.23 bits per heavy atom. The first-order chi connectivity index (χ1) is 6.19. The molecular weight excluding hydrogens is 177 g/mol. The van der Waals surface area contributed by atoms with E-state index in [1.165, 1.54) is 19.2 Å². The topological polar surface area (TPSA) is 61.7 Å². The molecule has 0 aliphatic heterocycles. The molecule has 0 aliphatic carbocycles. The van der Waals surface area contributed by atoms with E-state index in [2.05, 4.69) is 4.74 Å². The molecule has 0 aromatic heterocycles. The van der Waals surface area contributed by atoms with E-state index in [-0.39, 0.29) is 12.3 Å². The summed E-state index contributed by atoms with van der Waals surface area (Å²) in [5.41, 5.74) is 2.42. The summed E-state index contributed by atoms with van der Waals surface area (Å²) >= 11 is 0. The SMILES string of the molecule is COc1cc(CNO)cc(O)c1F. The first-order valence-corrected chi connectivity index (χ1v) is 3.61. The van der Waals surface area contributed by atoms with Gasteiger partial charge in [0.2, 0.25) is 5.82 Å². The lowest BCUT2D eigenvalue weighted by Crippen LogP contribution is -2.06. The molecule has 5 heteroatoms. The monoisotopic (exact) mass is 187 g/mol. The van der Waals surface area contributed by atoms with Crippen LogP contribution in [0.4, 0.5) is 4.39 Å². The standard InChI is InChI=1S/C8H10FNO3/c1-13-7-3-5(4-10-12)2-6(11)8(7)9/h2-3,10-12H,4H2,1H3. The van der Waals surface area contributed by atoms with Crippen molar-refractivity contribution in [1.82, 2.24) is 5.48 Å². The van der Waals surface area contributed by atoms with E-state index in [0.717, 1.165) is 0 Å². The average Bonchev–Trinajstić information content (AvgIpc) is 2.11. The first kappa shape index (κ1) is 9.76. The molecule has 0 aliphatic rings. The zero-order valence-electron chi connectivity index (χ0n) is 7.04. The van der Waals surface area contributed by atoms with Crippen molar-refractivity contribution in [1.29, 1.82) is 0 Å². The molecular formula is C8H10FNO3. The second kappa shape index (κ2) is 4.06. The minimum absolute atomic E-state index is 0.0507. The number of aromatic hydroxyl groups is 1. The van der Waals surface area contributed by atoms with Crippen molar-refractivity contribution in [2.24, 2.45) is 0 Å². The Labute approximate surface area is 74.5 Å². The van der Waals surface area contributed by atoms with Crippen molar-refractivity contribution >= 4 is 0 Å². The number of ether oxygens (including phenoxy) is 1. The largest absolute Gasteiger partial charge is 0.505 e. The van der Waals surface area contributed by atoms with Crippen LogP contribution in [0.3, 0.4) is 0 Å². The fourth-order valence-electron chi connectivity index (χ4n) is 0.980. The van der Waals surface area contributed by atoms with Crippen molar-refractivity contribution in [3.05, 3.63) is 23.5 Å². The molecule has 1 aromatic carbocycles. The molecule has 0 spiro atoms. The van der Waals surface area contributed by atoms with Crippen molar-refractivity contribution in [2.75, 3.05) is 7.11 Å². The van der Waals surface area contributed by atoms with Gasteiger partial charge in [-0.15, -0.1) is 0 Å². The van der Waals surface area contributed by atoms with E-state index in [9.17, 15) is 4.39 Å². The number of rotatable bonds is 3. The van der Waals surface area contributed by atoms with E-state index >= 15 is 0 Å². The Bertz CT molecular complexity index is 304. The Balaban J connectivity index is 3.06. The van der Waals surface area contributed by atoms with Crippen LogP contribution >= 0.6 is 0 Å². The van der Waals surface area contributed by atoms with Gasteiger partial charge in [0, 0.05) is 6.54 Å². The average molecular weight is 187 g/mol. The summed E-state index contributed by atoms with van der Waals surface area (Å²) in [6, 6.07) is 2.60. The highest BCUT2D eigenvalue weighted by atomic mass is 19.1. The summed E-state index contributed by atoms with van der Waals surface area (Å²) in [4.78, 5) is 0. The zero-order valence-corrected chi connectivity index (χ0v) is 7.04. The fourth-order valence-corrected chi connectivity index (χ4v) is 0.980. The van der Waals surface area contributed by atoms with Crippen LogP contribution in [0.15, 0.2) is 12.1 Å². The summed E-state index contributed by atoms with van der Waals surface area (Å²) < 4.78 is 17.6. The summed E-state index contributed by atoms with van der Waals surface area (Å²) in [5.74, 6) is -1.35.